The second kappa shape index (κ2) is 3.94. The van der Waals surface area contributed by atoms with Gasteiger partial charge in [0, 0.05) is 13.1 Å². The molecule has 2 saturated carbocycles. The van der Waals surface area contributed by atoms with Gasteiger partial charge in [0.05, 0.1) is 10.4 Å². The molecule has 0 aromatic rings. The lowest BCUT2D eigenvalue weighted by molar-refractivity contribution is -0.138. The molecule has 3 fully saturated rings. The van der Waals surface area contributed by atoms with Gasteiger partial charge in [-0.1, -0.05) is 18.6 Å². The van der Waals surface area contributed by atoms with Gasteiger partial charge in [0.2, 0.25) is 5.91 Å². The summed E-state index contributed by atoms with van der Waals surface area (Å²) in [5, 5.41) is 0. The normalized spacial score (nSPS) is 34.2. The van der Waals surface area contributed by atoms with Crippen LogP contribution in [0.1, 0.15) is 38.5 Å². The van der Waals surface area contributed by atoms with Gasteiger partial charge in [-0.05, 0) is 43.9 Å². The number of likely N-dealkylation sites (tertiary alicyclic amines) is 1. The zero-order valence-electron chi connectivity index (χ0n) is 10.2. The largest absolute Gasteiger partial charge is 0.392 e. The van der Waals surface area contributed by atoms with Gasteiger partial charge in [-0.3, -0.25) is 4.79 Å². The van der Waals surface area contributed by atoms with Crippen molar-refractivity contribution in [1.29, 1.82) is 0 Å². The second-order valence-electron chi connectivity index (χ2n) is 6.06. The van der Waals surface area contributed by atoms with Crippen LogP contribution in [-0.2, 0) is 4.79 Å². The summed E-state index contributed by atoms with van der Waals surface area (Å²) < 4.78 is 0. The first kappa shape index (κ1) is 11.5. The van der Waals surface area contributed by atoms with E-state index in [4.69, 9.17) is 18.0 Å². The van der Waals surface area contributed by atoms with Gasteiger partial charge in [0.25, 0.3) is 0 Å². The third kappa shape index (κ3) is 1.86. The summed E-state index contributed by atoms with van der Waals surface area (Å²) in [4.78, 5) is 15.0. The molecule has 2 atom stereocenters. The van der Waals surface area contributed by atoms with E-state index < -0.39 is 5.41 Å². The summed E-state index contributed by atoms with van der Waals surface area (Å²) in [6.45, 7) is 1.89. The molecular formula is C13H20N2OS. The van der Waals surface area contributed by atoms with Crippen LogP contribution in [-0.4, -0.2) is 28.9 Å². The molecule has 3 rings (SSSR count). The average molecular weight is 252 g/mol. The van der Waals surface area contributed by atoms with Crippen molar-refractivity contribution in [3.8, 4) is 0 Å². The minimum Gasteiger partial charge on any atom is -0.392 e. The van der Waals surface area contributed by atoms with Crippen molar-refractivity contribution in [3.05, 3.63) is 0 Å². The third-order valence-corrected chi connectivity index (χ3v) is 5.16. The summed E-state index contributed by atoms with van der Waals surface area (Å²) in [6.07, 6.45) is 6.99. The van der Waals surface area contributed by atoms with Crippen LogP contribution in [0, 0.1) is 17.3 Å². The van der Waals surface area contributed by atoms with Crippen molar-refractivity contribution >= 4 is 23.1 Å². The number of carbonyl (C=O) groups is 1. The molecule has 1 aliphatic heterocycles. The van der Waals surface area contributed by atoms with E-state index in [9.17, 15) is 4.79 Å². The van der Waals surface area contributed by atoms with Crippen molar-refractivity contribution in [2.24, 2.45) is 23.0 Å². The number of carbonyl (C=O) groups excluding carboxylic acids is 1. The van der Waals surface area contributed by atoms with Gasteiger partial charge in [0.15, 0.2) is 0 Å². The van der Waals surface area contributed by atoms with Crippen LogP contribution >= 0.6 is 12.2 Å². The Morgan fingerprint density at radius 2 is 1.82 bits per heavy atom. The van der Waals surface area contributed by atoms with E-state index in [-0.39, 0.29) is 5.91 Å². The Bertz CT molecular complexity index is 352. The molecule has 0 radical (unpaired) electrons. The van der Waals surface area contributed by atoms with E-state index >= 15 is 0 Å². The van der Waals surface area contributed by atoms with Crippen molar-refractivity contribution < 1.29 is 4.79 Å². The zero-order valence-corrected chi connectivity index (χ0v) is 11.0. The molecule has 0 spiro atoms. The number of hydrogen-bond donors (Lipinski definition) is 1. The number of piperidine rings is 1. The first-order chi connectivity index (χ1) is 8.12. The van der Waals surface area contributed by atoms with Gasteiger partial charge in [-0.2, -0.15) is 0 Å². The van der Waals surface area contributed by atoms with Gasteiger partial charge >= 0.3 is 0 Å². The lowest BCUT2D eigenvalue weighted by Crippen LogP contribution is -2.50. The number of hydrogen-bond acceptors (Lipinski definition) is 2. The molecule has 1 saturated heterocycles. The maximum Gasteiger partial charge on any atom is 0.235 e. The fraction of sp³-hybridized carbons (Fsp3) is 0.846. The Kier molecular flexibility index (Phi) is 2.65. The van der Waals surface area contributed by atoms with E-state index in [1.807, 2.05) is 0 Å². The highest BCUT2D eigenvalue weighted by Crippen LogP contribution is 2.48. The molecule has 4 heteroatoms. The molecule has 2 aliphatic carbocycles. The highest BCUT2D eigenvalue weighted by Gasteiger charge is 2.55. The van der Waals surface area contributed by atoms with Crippen molar-refractivity contribution in [1.82, 2.24) is 4.90 Å². The maximum absolute atomic E-state index is 12.5. The van der Waals surface area contributed by atoms with Gasteiger partial charge < -0.3 is 10.6 Å². The van der Waals surface area contributed by atoms with Crippen LogP contribution in [0.3, 0.4) is 0 Å². The van der Waals surface area contributed by atoms with E-state index in [1.165, 1.54) is 25.7 Å². The molecule has 2 bridgehead atoms. The molecule has 3 aliphatic rings. The zero-order chi connectivity index (χ0) is 12.0. The van der Waals surface area contributed by atoms with Gasteiger partial charge in [-0.15, -0.1) is 0 Å². The average Bonchev–Trinajstić information content (AvgIpc) is 3.08. The molecule has 0 aromatic heterocycles. The number of nitrogens with zero attached hydrogens (tertiary/aromatic N) is 1. The lowest BCUT2D eigenvalue weighted by atomic mass is 9.77. The van der Waals surface area contributed by atoms with Crippen molar-refractivity contribution in [2.45, 2.75) is 38.5 Å². The monoisotopic (exact) mass is 252 g/mol. The molecule has 2 N–H and O–H groups in total. The fourth-order valence-electron chi connectivity index (χ4n) is 3.59. The van der Waals surface area contributed by atoms with Crippen molar-refractivity contribution in [3.63, 3.8) is 0 Å². The molecule has 2 unspecified atom stereocenters. The number of nitrogens with two attached hydrogens (primary N) is 1. The molecule has 0 aromatic carbocycles. The minimum atomic E-state index is -0.443. The van der Waals surface area contributed by atoms with Crippen LogP contribution in [0.15, 0.2) is 0 Å². The van der Waals surface area contributed by atoms with Crippen LogP contribution < -0.4 is 5.73 Å². The molecular weight excluding hydrogens is 232 g/mol. The lowest BCUT2D eigenvalue weighted by Gasteiger charge is -2.42. The number of rotatable bonds is 2. The van der Waals surface area contributed by atoms with E-state index in [0.717, 1.165) is 37.8 Å². The number of thiocarbonyl (C=S) groups is 1. The standard InChI is InChI=1S/C13H20N2OS/c14-11(17)13(4-5-13)12(16)15-7-9-2-1-3-10(6-9)8-15/h9-10H,1-8H2,(H2,14,17). The predicted octanol–water partition coefficient (Wildman–Crippen LogP) is 1.70. The quantitative estimate of drug-likeness (QED) is 0.761. The third-order valence-electron chi connectivity index (χ3n) is 4.77. The fourth-order valence-corrected chi connectivity index (χ4v) is 3.88. The Balaban J connectivity index is 1.73. The summed E-state index contributed by atoms with van der Waals surface area (Å²) in [5.41, 5.74) is 5.30. The Hall–Kier alpha value is -0.640. The highest BCUT2D eigenvalue weighted by molar-refractivity contribution is 7.80. The molecule has 17 heavy (non-hydrogen) atoms. The topological polar surface area (TPSA) is 46.3 Å². The van der Waals surface area contributed by atoms with Crippen molar-refractivity contribution in [2.75, 3.05) is 13.1 Å². The van der Waals surface area contributed by atoms with E-state index in [0.29, 0.717) is 4.99 Å². The van der Waals surface area contributed by atoms with Gasteiger partial charge in [-0.25, -0.2) is 0 Å². The first-order valence-corrected chi connectivity index (χ1v) is 7.12. The molecule has 94 valence electrons. The summed E-state index contributed by atoms with van der Waals surface area (Å²) in [6, 6.07) is 0. The molecule has 1 amide bonds. The molecule has 1 heterocycles. The summed E-state index contributed by atoms with van der Waals surface area (Å²) in [7, 11) is 0. The van der Waals surface area contributed by atoms with Crippen LogP contribution in [0.2, 0.25) is 0 Å². The summed E-state index contributed by atoms with van der Waals surface area (Å²) >= 11 is 5.07. The van der Waals surface area contributed by atoms with E-state index in [2.05, 4.69) is 4.90 Å². The Labute approximate surface area is 108 Å². The highest BCUT2D eigenvalue weighted by atomic mass is 32.1. The Morgan fingerprint density at radius 3 is 2.29 bits per heavy atom. The maximum atomic E-state index is 12.5. The smallest absolute Gasteiger partial charge is 0.235 e. The minimum absolute atomic E-state index is 0.224. The van der Waals surface area contributed by atoms with Crippen LogP contribution in [0.5, 0.6) is 0 Å². The second-order valence-corrected chi connectivity index (χ2v) is 6.49. The number of amides is 1. The van der Waals surface area contributed by atoms with Crippen LogP contribution in [0.4, 0.5) is 0 Å². The van der Waals surface area contributed by atoms with E-state index in [1.54, 1.807) is 0 Å². The Morgan fingerprint density at radius 1 is 1.24 bits per heavy atom. The molecule has 3 nitrogen and oxygen atoms in total. The SMILES string of the molecule is NC(=S)C1(C(=O)N2CC3CCCC(C3)C2)CC1. The first-order valence-electron chi connectivity index (χ1n) is 6.71. The van der Waals surface area contributed by atoms with Crippen LogP contribution in [0.25, 0.3) is 0 Å². The summed E-state index contributed by atoms with van der Waals surface area (Å²) in [5.74, 6) is 1.68. The van der Waals surface area contributed by atoms with Gasteiger partial charge in [0.1, 0.15) is 0 Å². The predicted molar refractivity (Wildman–Crippen MR) is 70.5 cm³/mol. The number of fused-ring (bicyclic) bond motifs is 2.